The topological polar surface area (TPSA) is 23.8 Å². The fourth-order valence-electron chi connectivity index (χ4n) is 0.908. The summed E-state index contributed by atoms with van der Waals surface area (Å²) in [5, 5.41) is 8.54. The average Bonchev–Trinajstić information content (AvgIpc) is 2.01. The van der Waals surface area contributed by atoms with Gasteiger partial charge in [0.25, 0.3) is 0 Å². The lowest BCUT2D eigenvalue weighted by Gasteiger charge is -2.03. The van der Waals surface area contributed by atoms with E-state index in [9.17, 15) is 0 Å². The quantitative estimate of drug-likeness (QED) is 0.721. The molecule has 0 spiro atoms. The van der Waals surface area contributed by atoms with Gasteiger partial charge in [-0.1, -0.05) is 15.9 Å². The van der Waals surface area contributed by atoms with E-state index in [1.165, 1.54) is 5.56 Å². The Hall–Kier alpha value is -0.0800. The van der Waals surface area contributed by atoms with Gasteiger partial charge in [0.15, 0.2) is 0 Å². The molecule has 62 valence electrons. The number of hydrogen-bond acceptors (Lipinski definition) is 1. The Kier molecular flexibility index (Phi) is 3.53. The van der Waals surface area contributed by atoms with E-state index in [0.29, 0.717) is 6.42 Å². The van der Waals surface area contributed by atoms with Crippen LogP contribution < -0.4 is 0 Å². The first-order valence-corrected chi connectivity index (χ1v) is 5.34. The average molecular weight is 336 g/mol. The molecule has 3 heteroatoms. The normalized spacial score (nSPS) is 9.50. The van der Waals surface area contributed by atoms with Gasteiger partial charge in [0, 0.05) is 8.04 Å². The molecular formula is C9H7BrIN. The SMILES string of the molecule is Cc1cc(I)c(CC#N)cc1Br. The summed E-state index contributed by atoms with van der Waals surface area (Å²) in [7, 11) is 0. The lowest BCUT2D eigenvalue weighted by Crippen LogP contribution is -1.89. The Morgan fingerprint density at radius 1 is 1.58 bits per heavy atom. The molecule has 0 radical (unpaired) electrons. The molecule has 0 saturated heterocycles. The third-order valence-corrected chi connectivity index (χ3v) is 3.46. The van der Waals surface area contributed by atoms with Crippen molar-refractivity contribution >= 4 is 38.5 Å². The summed E-state index contributed by atoms with van der Waals surface area (Å²) in [6, 6.07) is 6.24. The van der Waals surface area contributed by atoms with Crippen LogP contribution in [0, 0.1) is 21.8 Å². The van der Waals surface area contributed by atoms with Crippen molar-refractivity contribution in [1.82, 2.24) is 0 Å². The van der Waals surface area contributed by atoms with Gasteiger partial charge in [-0.05, 0) is 52.8 Å². The predicted octanol–water partition coefficient (Wildman–Crippen LogP) is 3.43. The van der Waals surface area contributed by atoms with Gasteiger partial charge in [-0.25, -0.2) is 0 Å². The van der Waals surface area contributed by atoms with Crippen LogP contribution in [0.25, 0.3) is 0 Å². The minimum Gasteiger partial charge on any atom is -0.198 e. The highest BCUT2D eigenvalue weighted by atomic mass is 127. The van der Waals surface area contributed by atoms with Crippen LogP contribution in [0.1, 0.15) is 11.1 Å². The first-order valence-electron chi connectivity index (χ1n) is 3.46. The molecular weight excluding hydrogens is 329 g/mol. The highest BCUT2D eigenvalue weighted by Gasteiger charge is 2.02. The van der Waals surface area contributed by atoms with Gasteiger partial charge < -0.3 is 0 Å². The van der Waals surface area contributed by atoms with Crippen molar-refractivity contribution in [3.63, 3.8) is 0 Å². The largest absolute Gasteiger partial charge is 0.198 e. The second kappa shape index (κ2) is 4.24. The van der Waals surface area contributed by atoms with Gasteiger partial charge in [-0.3, -0.25) is 0 Å². The molecule has 0 fully saturated rings. The van der Waals surface area contributed by atoms with E-state index >= 15 is 0 Å². The van der Waals surface area contributed by atoms with E-state index in [1.54, 1.807) is 0 Å². The molecule has 0 bridgehead atoms. The Morgan fingerprint density at radius 3 is 2.83 bits per heavy atom. The van der Waals surface area contributed by atoms with Crippen LogP contribution >= 0.6 is 38.5 Å². The first-order chi connectivity index (χ1) is 5.65. The molecule has 0 heterocycles. The van der Waals surface area contributed by atoms with E-state index in [2.05, 4.69) is 50.7 Å². The van der Waals surface area contributed by atoms with Crippen LogP contribution in [-0.4, -0.2) is 0 Å². The Balaban J connectivity index is 3.16. The van der Waals surface area contributed by atoms with Gasteiger partial charge in [0.1, 0.15) is 0 Å². The summed E-state index contributed by atoms with van der Waals surface area (Å²) >= 11 is 5.69. The molecule has 0 aliphatic heterocycles. The zero-order valence-electron chi connectivity index (χ0n) is 6.56. The minimum atomic E-state index is 0.483. The van der Waals surface area contributed by atoms with Gasteiger partial charge in [0.2, 0.25) is 0 Å². The number of hydrogen-bond donors (Lipinski definition) is 0. The summed E-state index contributed by atoms with van der Waals surface area (Å²) < 4.78 is 2.24. The lowest BCUT2D eigenvalue weighted by molar-refractivity contribution is 1.22. The van der Waals surface area contributed by atoms with Crippen molar-refractivity contribution in [2.45, 2.75) is 13.3 Å². The fourth-order valence-corrected chi connectivity index (χ4v) is 2.11. The fraction of sp³-hybridized carbons (Fsp3) is 0.222. The zero-order chi connectivity index (χ0) is 9.14. The van der Waals surface area contributed by atoms with Crippen molar-refractivity contribution in [2.24, 2.45) is 0 Å². The number of rotatable bonds is 1. The van der Waals surface area contributed by atoms with Crippen LogP contribution in [-0.2, 0) is 6.42 Å². The molecule has 1 aromatic carbocycles. The number of nitrogens with zero attached hydrogens (tertiary/aromatic N) is 1. The van der Waals surface area contributed by atoms with Crippen LogP contribution in [0.15, 0.2) is 16.6 Å². The molecule has 1 rings (SSSR count). The lowest BCUT2D eigenvalue weighted by atomic mass is 10.1. The predicted molar refractivity (Wildman–Crippen MR) is 60.9 cm³/mol. The standard InChI is InChI=1S/C9H7BrIN/c1-6-4-9(11)7(2-3-12)5-8(6)10/h4-5H,2H2,1H3. The van der Waals surface area contributed by atoms with E-state index in [4.69, 9.17) is 5.26 Å². The highest BCUT2D eigenvalue weighted by molar-refractivity contribution is 14.1. The summed E-state index contributed by atoms with van der Waals surface area (Å²) in [6.07, 6.45) is 0.483. The molecule has 0 aliphatic carbocycles. The van der Waals surface area contributed by atoms with Crippen LogP contribution in [0.4, 0.5) is 0 Å². The van der Waals surface area contributed by atoms with Crippen LogP contribution in [0.2, 0.25) is 0 Å². The number of benzene rings is 1. The third-order valence-electron chi connectivity index (χ3n) is 1.60. The maximum Gasteiger partial charge on any atom is 0.0670 e. The second-order valence-corrected chi connectivity index (χ2v) is 4.54. The van der Waals surface area contributed by atoms with Crippen molar-refractivity contribution < 1.29 is 0 Å². The molecule has 0 saturated carbocycles. The zero-order valence-corrected chi connectivity index (χ0v) is 10.3. The maximum atomic E-state index is 8.54. The first kappa shape index (κ1) is 10.0. The van der Waals surface area contributed by atoms with Gasteiger partial charge in [0.05, 0.1) is 12.5 Å². The number of aryl methyl sites for hydroxylation is 1. The van der Waals surface area contributed by atoms with Crippen molar-refractivity contribution in [3.05, 3.63) is 31.3 Å². The molecule has 1 aromatic rings. The van der Waals surface area contributed by atoms with Crippen LogP contribution in [0.5, 0.6) is 0 Å². The molecule has 0 aromatic heterocycles. The monoisotopic (exact) mass is 335 g/mol. The molecule has 0 N–H and O–H groups in total. The molecule has 0 unspecified atom stereocenters. The van der Waals surface area contributed by atoms with E-state index in [0.717, 1.165) is 13.6 Å². The Labute approximate surface area is 94.0 Å². The molecule has 12 heavy (non-hydrogen) atoms. The molecule has 0 amide bonds. The number of nitriles is 1. The van der Waals surface area contributed by atoms with E-state index < -0.39 is 0 Å². The van der Waals surface area contributed by atoms with Gasteiger partial charge in [-0.15, -0.1) is 0 Å². The van der Waals surface area contributed by atoms with Crippen molar-refractivity contribution in [1.29, 1.82) is 5.26 Å². The summed E-state index contributed by atoms with van der Waals surface area (Å²) in [5.41, 5.74) is 2.30. The molecule has 1 nitrogen and oxygen atoms in total. The highest BCUT2D eigenvalue weighted by Crippen LogP contribution is 2.22. The van der Waals surface area contributed by atoms with E-state index in [1.807, 2.05) is 13.0 Å². The number of halogens is 2. The Bertz CT molecular complexity index is 341. The second-order valence-electron chi connectivity index (χ2n) is 2.53. The smallest absolute Gasteiger partial charge is 0.0670 e. The molecule has 0 aliphatic rings. The summed E-state index contributed by atoms with van der Waals surface area (Å²) in [5.74, 6) is 0. The minimum absolute atomic E-state index is 0.483. The van der Waals surface area contributed by atoms with Gasteiger partial charge in [-0.2, -0.15) is 5.26 Å². The summed E-state index contributed by atoms with van der Waals surface area (Å²) in [4.78, 5) is 0. The van der Waals surface area contributed by atoms with E-state index in [-0.39, 0.29) is 0 Å². The third kappa shape index (κ3) is 2.20. The van der Waals surface area contributed by atoms with Crippen molar-refractivity contribution in [2.75, 3.05) is 0 Å². The molecule has 0 atom stereocenters. The maximum absolute atomic E-state index is 8.54. The van der Waals surface area contributed by atoms with Crippen LogP contribution in [0.3, 0.4) is 0 Å². The van der Waals surface area contributed by atoms with Crippen molar-refractivity contribution in [3.8, 4) is 6.07 Å². The Morgan fingerprint density at radius 2 is 2.25 bits per heavy atom. The van der Waals surface area contributed by atoms with Gasteiger partial charge >= 0.3 is 0 Å². The summed E-state index contributed by atoms with van der Waals surface area (Å²) in [6.45, 7) is 2.04.